The number of rotatable bonds is 8. The standard InChI is InChI=1S/C24H32F2/c1-3-5-7-9-17-11-12-18-14-21-15-19(10-8-6-4-2)23(25)24(26)22(21)16-20(18)13-17/h14-17H,3-13H2,1-2H3. The Morgan fingerprint density at radius 1 is 0.885 bits per heavy atom. The molecule has 2 aromatic rings. The lowest BCUT2D eigenvalue weighted by Gasteiger charge is -2.25. The highest BCUT2D eigenvalue weighted by Crippen LogP contribution is 2.34. The summed E-state index contributed by atoms with van der Waals surface area (Å²) in [5.74, 6) is -0.582. The van der Waals surface area contributed by atoms with Crippen molar-refractivity contribution in [2.24, 2.45) is 5.92 Å². The minimum absolute atomic E-state index is 0.467. The molecular weight excluding hydrogens is 326 g/mol. The van der Waals surface area contributed by atoms with Crippen LogP contribution in [0, 0.1) is 17.6 Å². The van der Waals surface area contributed by atoms with Crippen molar-refractivity contribution in [2.45, 2.75) is 84.5 Å². The van der Waals surface area contributed by atoms with Crippen LogP contribution in [0.2, 0.25) is 0 Å². The van der Waals surface area contributed by atoms with E-state index >= 15 is 0 Å². The predicted molar refractivity (Wildman–Crippen MR) is 107 cm³/mol. The Hall–Kier alpha value is -1.44. The van der Waals surface area contributed by atoms with E-state index in [1.807, 2.05) is 12.1 Å². The van der Waals surface area contributed by atoms with Crippen LogP contribution in [-0.2, 0) is 19.3 Å². The molecule has 0 saturated carbocycles. The van der Waals surface area contributed by atoms with E-state index in [1.165, 1.54) is 43.2 Å². The fourth-order valence-electron chi connectivity index (χ4n) is 4.40. The van der Waals surface area contributed by atoms with Gasteiger partial charge in [0.05, 0.1) is 0 Å². The second-order valence-electron chi connectivity index (χ2n) is 8.07. The topological polar surface area (TPSA) is 0 Å². The van der Waals surface area contributed by atoms with Crippen LogP contribution in [0.5, 0.6) is 0 Å². The van der Waals surface area contributed by atoms with Crippen molar-refractivity contribution in [3.05, 3.63) is 46.5 Å². The first kappa shape index (κ1) is 19.3. The number of hydrogen-bond donors (Lipinski definition) is 0. The van der Waals surface area contributed by atoms with Gasteiger partial charge in [0.25, 0.3) is 0 Å². The lowest BCUT2D eigenvalue weighted by atomic mass is 9.80. The number of unbranched alkanes of at least 4 members (excludes halogenated alkanes) is 4. The second-order valence-corrected chi connectivity index (χ2v) is 8.07. The molecule has 1 aliphatic rings. The Morgan fingerprint density at radius 3 is 2.42 bits per heavy atom. The Morgan fingerprint density at radius 2 is 1.65 bits per heavy atom. The molecule has 142 valence electrons. The number of fused-ring (bicyclic) bond motifs is 2. The number of aryl methyl sites for hydroxylation is 2. The minimum Gasteiger partial charge on any atom is -0.203 e. The highest BCUT2D eigenvalue weighted by Gasteiger charge is 2.21. The Balaban J connectivity index is 1.85. The molecule has 0 bridgehead atoms. The van der Waals surface area contributed by atoms with Crippen LogP contribution in [0.15, 0.2) is 18.2 Å². The van der Waals surface area contributed by atoms with E-state index in [1.54, 1.807) is 0 Å². The van der Waals surface area contributed by atoms with Gasteiger partial charge in [0.15, 0.2) is 11.6 Å². The average Bonchev–Trinajstić information content (AvgIpc) is 2.65. The van der Waals surface area contributed by atoms with Crippen molar-refractivity contribution in [1.82, 2.24) is 0 Å². The Labute approximate surface area is 157 Å². The van der Waals surface area contributed by atoms with Gasteiger partial charge in [-0.15, -0.1) is 0 Å². The molecule has 0 nitrogen and oxygen atoms in total. The molecule has 0 aromatic heterocycles. The highest BCUT2D eigenvalue weighted by molar-refractivity contribution is 5.86. The zero-order valence-electron chi connectivity index (χ0n) is 16.3. The van der Waals surface area contributed by atoms with Crippen molar-refractivity contribution < 1.29 is 8.78 Å². The fourth-order valence-corrected chi connectivity index (χ4v) is 4.40. The van der Waals surface area contributed by atoms with E-state index in [4.69, 9.17) is 0 Å². The zero-order chi connectivity index (χ0) is 18.5. The van der Waals surface area contributed by atoms with Gasteiger partial charge in [0.2, 0.25) is 0 Å². The highest BCUT2D eigenvalue weighted by atomic mass is 19.2. The molecule has 0 fully saturated rings. The molecule has 1 aliphatic carbocycles. The summed E-state index contributed by atoms with van der Waals surface area (Å²) in [7, 11) is 0. The molecule has 0 amide bonds. The summed E-state index contributed by atoms with van der Waals surface area (Å²) in [4.78, 5) is 0. The van der Waals surface area contributed by atoms with Crippen molar-refractivity contribution in [3.8, 4) is 0 Å². The van der Waals surface area contributed by atoms with Crippen LogP contribution >= 0.6 is 0 Å². The van der Waals surface area contributed by atoms with Gasteiger partial charge in [-0.1, -0.05) is 58.4 Å². The van der Waals surface area contributed by atoms with Gasteiger partial charge in [-0.2, -0.15) is 0 Å². The van der Waals surface area contributed by atoms with Crippen molar-refractivity contribution in [2.75, 3.05) is 0 Å². The van der Waals surface area contributed by atoms with Gasteiger partial charge >= 0.3 is 0 Å². The van der Waals surface area contributed by atoms with Crippen LogP contribution in [0.25, 0.3) is 10.8 Å². The van der Waals surface area contributed by atoms with Gasteiger partial charge in [-0.3, -0.25) is 0 Å². The van der Waals surface area contributed by atoms with Gasteiger partial charge in [-0.05, 0) is 72.2 Å². The molecule has 3 rings (SSSR count). The monoisotopic (exact) mass is 358 g/mol. The first-order valence-electron chi connectivity index (χ1n) is 10.6. The predicted octanol–water partition coefficient (Wildman–Crippen LogP) is 7.54. The third kappa shape index (κ3) is 4.27. The summed E-state index contributed by atoms with van der Waals surface area (Å²) < 4.78 is 29.2. The number of halogens is 2. The maximum absolute atomic E-state index is 14.7. The van der Waals surface area contributed by atoms with Crippen LogP contribution < -0.4 is 0 Å². The molecule has 0 saturated heterocycles. The van der Waals surface area contributed by atoms with Crippen LogP contribution in [0.4, 0.5) is 8.78 Å². The van der Waals surface area contributed by atoms with Crippen molar-refractivity contribution in [3.63, 3.8) is 0 Å². The third-order valence-corrected chi connectivity index (χ3v) is 6.01. The van der Waals surface area contributed by atoms with Crippen LogP contribution in [-0.4, -0.2) is 0 Å². The Kier molecular flexibility index (Phi) is 6.67. The largest absolute Gasteiger partial charge is 0.203 e. The van der Waals surface area contributed by atoms with E-state index < -0.39 is 11.6 Å². The Bertz CT molecular complexity index is 748. The fraction of sp³-hybridized carbons (Fsp3) is 0.583. The van der Waals surface area contributed by atoms with E-state index in [0.29, 0.717) is 23.3 Å². The summed E-state index contributed by atoms with van der Waals surface area (Å²) >= 11 is 0. The third-order valence-electron chi connectivity index (χ3n) is 6.01. The molecule has 1 unspecified atom stereocenters. The molecule has 0 aliphatic heterocycles. The van der Waals surface area contributed by atoms with Crippen LogP contribution in [0.3, 0.4) is 0 Å². The average molecular weight is 359 g/mol. The molecule has 26 heavy (non-hydrogen) atoms. The zero-order valence-corrected chi connectivity index (χ0v) is 16.3. The van der Waals surface area contributed by atoms with E-state index in [9.17, 15) is 8.78 Å². The quantitative estimate of drug-likeness (QED) is 0.428. The van der Waals surface area contributed by atoms with Gasteiger partial charge in [-0.25, -0.2) is 8.78 Å². The molecule has 2 heteroatoms. The first-order chi connectivity index (χ1) is 12.6. The van der Waals surface area contributed by atoms with E-state index in [2.05, 4.69) is 19.9 Å². The second kappa shape index (κ2) is 8.97. The lowest BCUT2D eigenvalue weighted by Crippen LogP contribution is -2.14. The molecule has 1 atom stereocenters. The summed E-state index contributed by atoms with van der Waals surface area (Å²) in [5, 5.41) is 1.34. The summed E-state index contributed by atoms with van der Waals surface area (Å²) in [5.41, 5.74) is 3.12. The SMILES string of the molecule is CCCCCc1cc2cc3c(cc2c(F)c1F)CC(CCCCC)CC3. The van der Waals surface area contributed by atoms with Gasteiger partial charge in [0, 0.05) is 5.39 Å². The van der Waals surface area contributed by atoms with Gasteiger partial charge in [0.1, 0.15) is 0 Å². The number of benzene rings is 2. The van der Waals surface area contributed by atoms with Crippen molar-refractivity contribution >= 4 is 10.8 Å². The maximum atomic E-state index is 14.7. The van der Waals surface area contributed by atoms with Crippen LogP contribution in [0.1, 0.15) is 81.9 Å². The molecule has 0 N–H and O–H groups in total. The van der Waals surface area contributed by atoms with E-state index in [0.717, 1.165) is 37.5 Å². The number of hydrogen-bond acceptors (Lipinski definition) is 0. The minimum atomic E-state index is -0.648. The van der Waals surface area contributed by atoms with Gasteiger partial charge < -0.3 is 0 Å². The molecule has 0 heterocycles. The molecular formula is C24H32F2. The van der Waals surface area contributed by atoms with E-state index in [-0.39, 0.29) is 0 Å². The molecule has 0 radical (unpaired) electrons. The molecule has 2 aromatic carbocycles. The lowest BCUT2D eigenvalue weighted by molar-refractivity contribution is 0.408. The summed E-state index contributed by atoms with van der Waals surface area (Å²) in [6, 6.07) is 5.95. The first-order valence-corrected chi connectivity index (χ1v) is 10.6. The summed E-state index contributed by atoms with van der Waals surface area (Å²) in [6.07, 6.45) is 12.1. The molecule has 0 spiro atoms. The maximum Gasteiger partial charge on any atom is 0.166 e. The van der Waals surface area contributed by atoms with Crippen molar-refractivity contribution in [1.29, 1.82) is 0 Å². The smallest absolute Gasteiger partial charge is 0.166 e. The normalized spacial score (nSPS) is 16.8. The summed E-state index contributed by atoms with van der Waals surface area (Å²) in [6.45, 7) is 4.36.